The number of benzene rings is 3. The van der Waals surface area contributed by atoms with E-state index in [4.69, 9.17) is 11.6 Å². The molecule has 0 aromatic heterocycles. The van der Waals surface area contributed by atoms with Gasteiger partial charge in [0, 0.05) is 11.6 Å². The molecular formula is C23H20ClF3N2O4S. The van der Waals surface area contributed by atoms with Crippen LogP contribution in [0.1, 0.15) is 16.7 Å². The van der Waals surface area contributed by atoms with Crippen LogP contribution in [-0.4, -0.2) is 29.9 Å². The van der Waals surface area contributed by atoms with Crippen LogP contribution >= 0.6 is 11.6 Å². The van der Waals surface area contributed by atoms with Gasteiger partial charge >= 0.3 is 6.18 Å². The molecule has 6 nitrogen and oxygen atoms in total. The van der Waals surface area contributed by atoms with E-state index in [-0.39, 0.29) is 13.0 Å². The van der Waals surface area contributed by atoms with E-state index in [1.807, 2.05) is 0 Å². The Kier molecular flexibility index (Phi) is 7.98. The Morgan fingerprint density at radius 1 is 0.971 bits per heavy atom. The largest absolute Gasteiger partial charge is 0.416 e. The van der Waals surface area contributed by atoms with Crippen LogP contribution in [0.5, 0.6) is 0 Å². The Hall–Kier alpha value is -2.92. The zero-order chi connectivity index (χ0) is 24.9. The van der Waals surface area contributed by atoms with Crippen molar-refractivity contribution < 1.29 is 31.6 Å². The number of halogens is 4. The van der Waals surface area contributed by atoms with E-state index in [9.17, 15) is 31.6 Å². The highest BCUT2D eigenvalue weighted by Crippen LogP contribution is 2.32. The van der Waals surface area contributed by atoms with Crippen LogP contribution in [0.2, 0.25) is 5.02 Å². The van der Waals surface area contributed by atoms with Crippen molar-refractivity contribution in [3.63, 3.8) is 0 Å². The molecule has 0 heterocycles. The van der Waals surface area contributed by atoms with Crippen LogP contribution in [0.15, 0.2) is 83.8 Å². The fourth-order valence-corrected chi connectivity index (χ4v) is 5.09. The summed E-state index contributed by atoms with van der Waals surface area (Å²) in [5, 5.41) is 9.73. The minimum Gasteiger partial charge on any atom is -0.289 e. The second-order valence-electron chi connectivity index (χ2n) is 7.38. The third kappa shape index (κ3) is 6.15. The quantitative estimate of drug-likeness (QED) is 0.339. The molecule has 3 aromatic carbocycles. The summed E-state index contributed by atoms with van der Waals surface area (Å²) in [6, 6.07) is 16.3. The monoisotopic (exact) mass is 512 g/mol. The van der Waals surface area contributed by atoms with Crippen molar-refractivity contribution in [1.29, 1.82) is 0 Å². The molecule has 0 saturated heterocycles. The van der Waals surface area contributed by atoms with Crippen molar-refractivity contribution in [2.75, 3.05) is 0 Å². The fourth-order valence-electron chi connectivity index (χ4n) is 3.34. The minimum absolute atomic E-state index is 0.140. The Balaban J connectivity index is 2.13. The number of nitrogens with one attached hydrogen (secondary N) is 1. The van der Waals surface area contributed by atoms with Crippen LogP contribution < -0.4 is 5.48 Å². The SMILES string of the molecule is O=C(NO)[C@H](Cc1ccccc1)N(Cc1ccc(Cl)cc1)S(=O)(=O)c1cccc(C(F)(F)F)c1. The average molecular weight is 513 g/mol. The zero-order valence-corrected chi connectivity index (χ0v) is 19.1. The Bertz CT molecular complexity index is 1240. The molecular weight excluding hydrogens is 493 g/mol. The highest BCUT2D eigenvalue weighted by Gasteiger charge is 2.38. The zero-order valence-electron chi connectivity index (χ0n) is 17.5. The number of amides is 1. The predicted octanol–water partition coefficient (Wildman–Crippen LogP) is 4.67. The van der Waals surface area contributed by atoms with Crippen LogP contribution in [0.3, 0.4) is 0 Å². The minimum atomic E-state index is -4.77. The first-order valence-electron chi connectivity index (χ1n) is 9.94. The van der Waals surface area contributed by atoms with Crippen molar-refractivity contribution in [3.8, 4) is 0 Å². The lowest BCUT2D eigenvalue weighted by molar-refractivity contribution is -0.137. The first-order chi connectivity index (χ1) is 16.0. The number of nitrogens with zero attached hydrogens (tertiary/aromatic N) is 1. The number of rotatable bonds is 8. The van der Waals surface area contributed by atoms with Gasteiger partial charge < -0.3 is 0 Å². The molecule has 0 radical (unpaired) electrons. The van der Waals surface area contributed by atoms with E-state index in [0.717, 1.165) is 22.5 Å². The Morgan fingerprint density at radius 2 is 1.62 bits per heavy atom. The maximum Gasteiger partial charge on any atom is 0.416 e. The lowest BCUT2D eigenvalue weighted by Gasteiger charge is -2.30. The smallest absolute Gasteiger partial charge is 0.289 e. The molecule has 0 aliphatic carbocycles. The highest BCUT2D eigenvalue weighted by atomic mass is 35.5. The van der Waals surface area contributed by atoms with Gasteiger partial charge in [0.2, 0.25) is 10.0 Å². The summed E-state index contributed by atoms with van der Waals surface area (Å²) in [5.74, 6) is -1.03. The summed E-state index contributed by atoms with van der Waals surface area (Å²) in [4.78, 5) is 12.0. The number of carbonyl (C=O) groups excluding carboxylic acids is 1. The van der Waals surface area contributed by atoms with E-state index in [1.165, 1.54) is 29.7 Å². The van der Waals surface area contributed by atoms with Gasteiger partial charge in [0.05, 0.1) is 10.5 Å². The summed E-state index contributed by atoms with van der Waals surface area (Å²) in [7, 11) is -4.64. The normalized spacial score (nSPS) is 13.0. The summed E-state index contributed by atoms with van der Waals surface area (Å²) >= 11 is 5.90. The van der Waals surface area contributed by atoms with Gasteiger partial charge in [-0.2, -0.15) is 17.5 Å². The molecule has 0 unspecified atom stereocenters. The molecule has 34 heavy (non-hydrogen) atoms. The average Bonchev–Trinajstić information content (AvgIpc) is 2.82. The van der Waals surface area contributed by atoms with Gasteiger partial charge in [-0.25, -0.2) is 13.9 Å². The van der Waals surface area contributed by atoms with Crippen molar-refractivity contribution in [2.24, 2.45) is 0 Å². The van der Waals surface area contributed by atoms with E-state index in [2.05, 4.69) is 0 Å². The molecule has 0 spiro atoms. The van der Waals surface area contributed by atoms with E-state index >= 15 is 0 Å². The van der Waals surface area contributed by atoms with Crippen molar-refractivity contribution in [1.82, 2.24) is 9.79 Å². The van der Waals surface area contributed by atoms with E-state index in [0.29, 0.717) is 22.2 Å². The lowest BCUT2D eigenvalue weighted by Crippen LogP contribution is -2.49. The van der Waals surface area contributed by atoms with Crippen LogP contribution in [-0.2, 0) is 34.0 Å². The van der Waals surface area contributed by atoms with Gasteiger partial charge in [0.15, 0.2) is 0 Å². The molecule has 11 heteroatoms. The fraction of sp³-hybridized carbons (Fsp3) is 0.174. The predicted molar refractivity (Wildman–Crippen MR) is 119 cm³/mol. The highest BCUT2D eigenvalue weighted by molar-refractivity contribution is 7.89. The molecule has 180 valence electrons. The number of alkyl halides is 3. The molecule has 0 saturated carbocycles. The van der Waals surface area contributed by atoms with Gasteiger partial charge in [-0.1, -0.05) is 60.1 Å². The number of hydroxylamine groups is 1. The molecule has 0 aliphatic heterocycles. The topological polar surface area (TPSA) is 86.7 Å². The summed E-state index contributed by atoms with van der Waals surface area (Å²) < 4.78 is 67.7. The molecule has 0 bridgehead atoms. The van der Waals surface area contributed by atoms with Crippen molar-refractivity contribution in [3.05, 3.63) is 101 Å². The first-order valence-corrected chi connectivity index (χ1v) is 11.8. The molecule has 3 rings (SSSR count). The van der Waals surface area contributed by atoms with Gasteiger partial charge in [0.25, 0.3) is 5.91 Å². The molecule has 2 N–H and O–H groups in total. The van der Waals surface area contributed by atoms with Crippen LogP contribution in [0.25, 0.3) is 0 Å². The molecule has 0 fully saturated rings. The Morgan fingerprint density at radius 3 is 2.21 bits per heavy atom. The summed E-state index contributed by atoms with van der Waals surface area (Å²) in [6.45, 7) is -0.360. The molecule has 1 amide bonds. The van der Waals surface area contributed by atoms with Gasteiger partial charge in [-0.15, -0.1) is 0 Å². The third-order valence-corrected chi connectivity index (χ3v) is 7.15. The molecule has 1 atom stereocenters. The van der Waals surface area contributed by atoms with Gasteiger partial charge in [-0.3, -0.25) is 10.0 Å². The van der Waals surface area contributed by atoms with E-state index in [1.54, 1.807) is 30.3 Å². The number of sulfonamides is 1. The lowest BCUT2D eigenvalue weighted by atomic mass is 10.0. The van der Waals surface area contributed by atoms with Gasteiger partial charge in [0.1, 0.15) is 6.04 Å². The van der Waals surface area contributed by atoms with Crippen molar-refractivity contribution in [2.45, 2.75) is 30.1 Å². The van der Waals surface area contributed by atoms with Crippen LogP contribution in [0.4, 0.5) is 13.2 Å². The van der Waals surface area contributed by atoms with Gasteiger partial charge in [-0.05, 0) is 47.9 Å². The second kappa shape index (κ2) is 10.6. The van der Waals surface area contributed by atoms with Crippen molar-refractivity contribution >= 4 is 27.5 Å². The first kappa shape index (κ1) is 25.7. The molecule has 0 aliphatic rings. The number of carbonyl (C=O) groups is 1. The maximum absolute atomic E-state index is 13.6. The second-order valence-corrected chi connectivity index (χ2v) is 9.71. The maximum atomic E-state index is 13.6. The van der Waals surface area contributed by atoms with E-state index < -0.39 is 38.6 Å². The van der Waals surface area contributed by atoms with Crippen LogP contribution in [0, 0.1) is 0 Å². The Labute approximate surface area is 199 Å². The summed E-state index contributed by atoms with van der Waals surface area (Å²) in [5.41, 5.74) is 1.34. The number of hydrogen-bond acceptors (Lipinski definition) is 4. The third-order valence-electron chi connectivity index (χ3n) is 5.05. The molecule has 3 aromatic rings. The number of hydrogen-bond donors (Lipinski definition) is 2. The summed E-state index contributed by atoms with van der Waals surface area (Å²) in [6.07, 6.45) is -4.91. The standard InChI is InChI=1S/C23H20ClF3N2O4S/c24-19-11-9-17(10-12-19)15-29(21(22(30)28-31)13-16-5-2-1-3-6-16)34(32,33)20-8-4-7-18(14-20)23(25,26)27/h1-12,14,21,31H,13,15H2,(H,28,30)/t21-/m0/s1.